The van der Waals surface area contributed by atoms with Crippen molar-refractivity contribution in [3.05, 3.63) is 77.2 Å². The maximum Gasteiger partial charge on any atom is 0.344 e. The standard InChI is InChI=1S/C46H54N3O11P/c1-29-9-14-35-40(21-29)56-19-20-57-41-24-34(45-32-12-10-30(47(5)6)22-38(32)59-39-23-31(61)11-13-33(39)45)37(58-28-44(52)60-46(2,3)4)25-36(41)49(27-43(51)54-8)16-18-55-17-15-48(35)26-42(50)53-7/h9-14,21-25,61H,15-20,26-28H2,1-8H3. The lowest BCUT2D eigenvalue weighted by atomic mass is 9.92. The van der Waals surface area contributed by atoms with Gasteiger partial charge in [0.25, 0.3) is 0 Å². The third kappa shape index (κ3) is 11.2. The number of aryl methyl sites for hydroxylation is 1. The summed E-state index contributed by atoms with van der Waals surface area (Å²) in [6.45, 7) is 7.98. The van der Waals surface area contributed by atoms with E-state index in [1.165, 1.54) is 14.2 Å². The molecule has 3 aromatic rings. The number of nitrogens with zero attached hydrogens (tertiary/aromatic N) is 3. The Balaban J connectivity index is 1.53. The molecule has 0 unspecified atom stereocenters. The van der Waals surface area contributed by atoms with Gasteiger partial charge in [0.1, 0.15) is 60.5 Å². The van der Waals surface area contributed by atoms with Crippen molar-refractivity contribution >= 4 is 54.8 Å². The van der Waals surface area contributed by atoms with Crippen LogP contribution in [0.3, 0.4) is 0 Å². The minimum absolute atomic E-state index is 0.0199. The molecule has 0 aromatic heterocycles. The smallest absolute Gasteiger partial charge is 0.344 e. The average Bonchev–Trinajstić information content (AvgIpc) is 3.21. The highest BCUT2D eigenvalue weighted by atomic mass is 31.0. The Hall–Kier alpha value is -5.98. The van der Waals surface area contributed by atoms with E-state index < -0.39 is 30.1 Å². The Kier molecular flexibility index (Phi) is 14.3. The first-order chi connectivity index (χ1) is 29.1. The summed E-state index contributed by atoms with van der Waals surface area (Å²) in [4.78, 5) is 45.2. The summed E-state index contributed by atoms with van der Waals surface area (Å²) in [5.41, 5.74) is 5.11. The largest absolute Gasteiger partial charge is 0.488 e. The van der Waals surface area contributed by atoms with Crippen LogP contribution < -0.4 is 28.9 Å². The number of esters is 3. The van der Waals surface area contributed by atoms with Crippen LogP contribution in [0, 0.1) is 11.9 Å². The zero-order valence-electron chi connectivity index (χ0n) is 36.0. The Morgan fingerprint density at radius 3 is 2.05 bits per heavy atom. The van der Waals surface area contributed by atoms with Gasteiger partial charge in [-0.15, -0.1) is 8.86 Å². The monoisotopic (exact) mass is 855 g/mol. The van der Waals surface area contributed by atoms with Gasteiger partial charge in [-0.3, -0.25) is 9.59 Å². The predicted molar refractivity (Wildman–Crippen MR) is 237 cm³/mol. The first-order valence-electron chi connectivity index (χ1n) is 20.0. The van der Waals surface area contributed by atoms with E-state index in [0.717, 1.165) is 32.7 Å². The zero-order chi connectivity index (χ0) is 43.8. The zero-order valence-corrected chi connectivity index (χ0v) is 37.0. The molecule has 0 atom stereocenters. The molecule has 61 heavy (non-hydrogen) atoms. The SMILES string of the molecule is COC(=O)CN1CCOCCN(CC(=O)OC)c2cc(OCC(=O)OC(C)(C)C)c(-c3c4ccc(=P)cc-4oc4cc(N(C)C)ccc34)cc2OCCOc2cc(C)ccc21. The number of anilines is 3. The van der Waals surface area contributed by atoms with E-state index >= 15 is 0 Å². The summed E-state index contributed by atoms with van der Waals surface area (Å²) in [6, 6.07) is 21.2. The highest BCUT2D eigenvalue weighted by Gasteiger charge is 2.27. The number of carbonyl (C=O) groups excluding carboxylic acids is 3. The molecule has 2 aliphatic heterocycles. The van der Waals surface area contributed by atoms with Gasteiger partial charge in [-0.2, -0.15) is 0 Å². The number of fused-ring (bicyclic) bond motifs is 4. The predicted octanol–water partition coefficient (Wildman–Crippen LogP) is 7.42. The molecule has 0 bridgehead atoms. The van der Waals surface area contributed by atoms with Gasteiger partial charge in [0.15, 0.2) is 6.61 Å². The van der Waals surface area contributed by atoms with Crippen LogP contribution in [0.4, 0.5) is 17.1 Å². The lowest BCUT2D eigenvalue weighted by molar-refractivity contribution is -0.157. The van der Waals surface area contributed by atoms with Crippen LogP contribution in [0.1, 0.15) is 26.3 Å². The third-order valence-electron chi connectivity index (χ3n) is 9.82. The molecule has 3 aliphatic rings. The lowest BCUT2D eigenvalue weighted by Gasteiger charge is -2.28. The molecule has 0 spiro atoms. The van der Waals surface area contributed by atoms with Gasteiger partial charge in [-0.25, -0.2) is 4.79 Å². The molecule has 324 valence electrons. The molecule has 0 fully saturated rings. The molecule has 0 N–H and O–H groups in total. The number of benzene rings is 4. The Morgan fingerprint density at radius 2 is 1.41 bits per heavy atom. The fraction of sp³-hybridized carbons (Fsp3) is 0.391. The van der Waals surface area contributed by atoms with Crippen LogP contribution in [0.15, 0.2) is 71.1 Å². The fourth-order valence-electron chi connectivity index (χ4n) is 6.94. The van der Waals surface area contributed by atoms with Gasteiger partial charge in [0.2, 0.25) is 0 Å². The van der Waals surface area contributed by atoms with Gasteiger partial charge < -0.3 is 52.3 Å². The summed E-state index contributed by atoms with van der Waals surface area (Å²) < 4.78 is 47.9. The van der Waals surface area contributed by atoms with Crippen molar-refractivity contribution in [2.45, 2.75) is 33.3 Å². The molecule has 14 nitrogen and oxygen atoms in total. The van der Waals surface area contributed by atoms with Crippen LogP contribution >= 0.6 is 8.86 Å². The van der Waals surface area contributed by atoms with Gasteiger partial charge in [0, 0.05) is 67.1 Å². The van der Waals surface area contributed by atoms with Crippen LogP contribution in [0.2, 0.25) is 0 Å². The average molecular weight is 856 g/mol. The van der Waals surface area contributed by atoms with Crippen molar-refractivity contribution in [3.8, 4) is 39.7 Å². The Morgan fingerprint density at radius 1 is 0.754 bits per heavy atom. The van der Waals surface area contributed by atoms with E-state index in [1.807, 2.05) is 91.5 Å². The van der Waals surface area contributed by atoms with Gasteiger partial charge in [-0.05, 0) is 80.7 Å². The van der Waals surface area contributed by atoms with Crippen molar-refractivity contribution in [2.75, 3.05) is 102 Å². The topological polar surface area (TPSA) is 139 Å². The summed E-state index contributed by atoms with van der Waals surface area (Å²) in [6.07, 6.45) is 0. The summed E-state index contributed by atoms with van der Waals surface area (Å²) >= 11 is 0. The van der Waals surface area contributed by atoms with Crippen LogP contribution in [-0.2, 0) is 33.3 Å². The molecule has 1 aliphatic carbocycles. The first-order valence-corrected chi connectivity index (χ1v) is 20.5. The van der Waals surface area contributed by atoms with Crippen LogP contribution in [0.5, 0.6) is 17.2 Å². The second kappa shape index (κ2) is 19.6. The molecule has 0 saturated carbocycles. The highest BCUT2D eigenvalue weighted by Crippen LogP contribution is 2.48. The number of ether oxygens (including phenoxy) is 7. The number of hydrogen-bond acceptors (Lipinski definition) is 14. The Bertz CT molecular complexity index is 2410. The number of methoxy groups -OCH3 is 2. The van der Waals surface area contributed by atoms with E-state index in [9.17, 15) is 14.4 Å². The van der Waals surface area contributed by atoms with Crippen molar-refractivity contribution in [2.24, 2.45) is 0 Å². The molecule has 0 saturated heterocycles. The van der Waals surface area contributed by atoms with Crippen molar-refractivity contribution in [1.82, 2.24) is 0 Å². The summed E-state index contributed by atoms with van der Waals surface area (Å²) in [7, 11) is 10.3. The van der Waals surface area contributed by atoms with E-state index in [4.69, 9.17) is 37.6 Å². The molecule has 0 radical (unpaired) electrons. The van der Waals surface area contributed by atoms with E-state index in [2.05, 4.69) is 8.86 Å². The lowest BCUT2D eigenvalue weighted by Crippen LogP contribution is -2.36. The fourth-order valence-corrected chi connectivity index (χ4v) is 7.16. The van der Waals surface area contributed by atoms with Gasteiger partial charge >= 0.3 is 17.9 Å². The highest BCUT2D eigenvalue weighted by molar-refractivity contribution is 7.07. The number of hydrogen-bond donors (Lipinski definition) is 0. The maximum atomic E-state index is 13.2. The Labute approximate surface area is 358 Å². The molecule has 15 heteroatoms. The van der Waals surface area contributed by atoms with E-state index in [0.29, 0.717) is 52.1 Å². The normalized spacial score (nSPS) is 13.8. The quantitative estimate of drug-likeness (QED) is 0.0629. The van der Waals surface area contributed by atoms with Gasteiger partial charge in [-0.1, -0.05) is 12.1 Å². The van der Waals surface area contributed by atoms with E-state index in [-0.39, 0.29) is 46.1 Å². The second-order valence-corrected chi connectivity index (χ2v) is 16.3. The molecule has 3 aromatic carbocycles. The van der Waals surface area contributed by atoms with Crippen molar-refractivity contribution in [3.63, 3.8) is 0 Å². The van der Waals surface area contributed by atoms with Crippen LogP contribution in [0.25, 0.3) is 33.4 Å². The summed E-state index contributed by atoms with van der Waals surface area (Å²) in [5.74, 6) is 0.440. The molecular weight excluding hydrogens is 801 g/mol. The number of rotatable bonds is 9. The van der Waals surface area contributed by atoms with Crippen LogP contribution in [-0.4, -0.2) is 111 Å². The van der Waals surface area contributed by atoms with Gasteiger partial charge in [0.05, 0.1) is 38.8 Å². The molecular formula is C46H54N3O11P. The van der Waals surface area contributed by atoms with Crippen molar-refractivity contribution < 1.29 is 52.0 Å². The molecule has 2 heterocycles. The van der Waals surface area contributed by atoms with Crippen molar-refractivity contribution in [1.29, 1.82) is 0 Å². The van der Waals surface area contributed by atoms with E-state index in [1.54, 1.807) is 31.7 Å². The summed E-state index contributed by atoms with van der Waals surface area (Å²) in [5, 5.41) is 0.783. The first kappa shape index (κ1) is 44.6. The molecule has 0 amide bonds. The number of carbonyl (C=O) groups is 3. The minimum Gasteiger partial charge on any atom is -0.488 e. The second-order valence-electron chi connectivity index (χ2n) is 15.7. The minimum atomic E-state index is -0.743. The third-order valence-corrected chi connectivity index (χ3v) is 10.1. The maximum absolute atomic E-state index is 13.2. The molecule has 6 rings (SSSR count).